The summed E-state index contributed by atoms with van der Waals surface area (Å²) in [7, 11) is -5.47. The van der Waals surface area contributed by atoms with Gasteiger partial charge < -0.3 is 0 Å². The van der Waals surface area contributed by atoms with Crippen molar-refractivity contribution in [2.45, 2.75) is 38.5 Å². The van der Waals surface area contributed by atoms with Crippen LogP contribution in [0.3, 0.4) is 0 Å². The fourth-order valence-corrected chi connectivity index (χ4v) is 7.56. The lowest BCUT2D eigenvalue weighted by molar-refractivity contribution is 0.484. The standard InChI is InChI=1S/C23H25O3PS/c1-4-18-10-6-8-12-20(18)27(21-13-9-7-11-19(21)5-2)22-16-17(3)14-15-23(22)28(24,25)26/h6-16H,4-5H2,1-3H3,(H,24,25,26). The molecule has 1 N–H and O–H groups in total. The Kier molecular flexibility index (Phi) is 6.34. The quantitative estimate of drug-likeness (QED) is 0.489. The molecule has 0 saturated carbocycles. The molecule has 0 atom stereocenters. The normalized spacial score (nSPS) is 11.8. The van der Waals surface area contributed by atoms with E-state index in [4.69, 9.17) is 0 Å². The smallest absolute Gasteiger partial charge is 0.282 e. The Bertz CT molecular complexity index is 1040. The van der Waals surface area contributed by atoms with Gasteiger partial charge in [0, 0.05) is 5.30 Å². The van der Waals surface area contributed by atoms with E-state index in [0.717, 1.165) is 29.0 Å². The van der Waals surface area contributed by atoms with Crippen LogP contribution in [-0.4, -0.2) is 13.0 Å². The summed E-state index contributed by atoms with van der Waals surface area (Å²) in [6, 6.07) is 21.6. The highest BCUT2D eigenvalue weighted by atomic mass is 32.2. The third-order valence-corrected chi connectivity index (χ3v) is 8.61. The maximum Gasteiger partial charge on any atom is 0.295 e. The third-order valence-electron chi connectivity index (χ3n) is 4.86. The second kappa shape index (κ2) is 8.57. The van der Waals surface area contributed by atoms with Crippen LogP contribution < -0.4 is 15.9 Å². The molecule has 0 bridgehead atoms. The van der Waals surface area contributed by atoms with Crippen LogP contribution >= 0.6 is 7.92 Å². The number of hydrogen-bond donors (Lipinski definition) is 1. The van der Waals surface area contributed by atoms with Gasteiger partial charge >= 0.3 is 0 Å². The molecule has 0 aliphatic carbocycles. The van der Waals surface area contributed by atoms with Gasteiger partial charge in [0.2, 0.25) is 0 Å². The SMILES string of the molecule is CCc1ccccc1P(c1ccccc1CC)c1cc(C)ccc1S(=O)(=O)O. The summed E-state index contributed by atoms with van der Waals surface area (Å²) < 4.78 is 34.4. The Balaban J connectivity index is 2.41. The Hall–Kier alpha value is -2.00. The molecule has 28 heavy (non-hydrogen) atoms. The first kappa shape index (κ1) is 20.7. The van der Waals surface area contributed by atoms with Crippen LogP contribution in [0.5, 0.6) is 0 Å². The van der Waals surface area contributed by atoms with E-state index in [2.05, 4.69) is 38.1 Å². The van der Waals surface area contributed by atoms with Gasteiger partial charge in [0.05, 0.1) is 0 Å². The van der Waals surface area contributed by atoms with E-state index in [1.165, 1.54) is 17.2 Å². The summed E-state index contributed by atoms with van der Waals surface area (Å²) in [5.74, 6) is 0. The molecule has 3 rings (SSSR count). The second-order valence-corrected chi connectivity index (χ2v) is 10.3. The highest BCUT2D eigenvalue weighted by Gasteiger charge is 2.27. The molecule has 0 fully saturated rings. The molecule has 0 aromatic heterocycles. The fraction of sp³-hybridized carbons (Fsp3) is 0.217. The minimum Gasteiger partial charge on any atom is -0.282 e. The average Bonchev–Trinajstić information content (AvgIpc) is 2.68. The molecule has 0 spiro atoms. The Morgan fingerprint density at radius 2 is 1.29 bits per heavy atom. The zero-order valence-corrected chi connectivity index (χ0v) is 18.1. The number of hydrogen-bond acceptors (Lipinski definition) is 2. The van der Waals surface area contributed by atoms with Gasteiger partial charge in [-0.2, -0.15) is 8.42 Å². The van der Waals surface area contributed by atoms with Crippen molar-refractivity contribution in [1.29, 1.82) is 0 Å². The Labute approximate surface area is 168 Å². The van der Waals surface area contributed by atoms with Gasteiger partial charge in [0.1, 0.15) is 4.90 Å². The number of benzene rings is 3. The van der Waals surface area contributed by atoms with Crippen LogP contribution in [0.15, 0.2) is 71.6 Å². The Morgan fingerprint density at radius 3 is 1.75 bits per heavy atom. The molecular weight excluding hydrogens is 387 g/mol. The molecule has 0 heterocycles. The predicted octanol–water partition coefficient (Wildman–Crippen LogP) is 4.12. The highest BCUT2D eigenvalue weighted by molar-refractivity contribution is 7.88. The third kappa shape index (κ3) is 4.20. The van der Waals surface area contributed by atoms with Crippen LogP contribution in [-0.2, 0) is 23.0 Å². The molecule has 5 heteroatoms. The summed E-state index contributed by atoms with van der Waals surface area (Å²) in [6.45, 7) is 6.16. The van der Waals surface area contributed by atoms with Crippen molar-refractivity contribution in [2.75, 3.05) is 0 Å². The van der Waals surface area contributed by atoms with E-state index < -0.39 is 18.0 Å². The molecule has 146 valence electrons. The lowest BCUT2D eigenvalue weighted by Crippen LogP contribution is -2.28. The largest absolute Gasteiger partial charge is 0.295 e. The minimum absolute atomic E-state index is 0.000948. The summed E-state index contributed by atoms with van der Waals surface area (Å²) in [5, 5.41) is 2.95. The molecule has 3 aromatic carbocycles. The van der Waals surface area contributed by atoms with Crippen LogP contribution in [0, 0.1) is 6.92 Å². The van der Waals surface area contributed by atoms with Crippen LogP contribution in [0.4, 0.5) is 0 Å². The fourth-order valence-electron chi connectivity index (χ4n) is 3.47. The molecule has 3 nitrogen and oxygen atoms in total. The van der Waals surface area contributed by atoms with Crippen molar-refractivity contribution in [1.82, 2.24) is 0 Å². The highest BCUT2D eigenvalue weighted by Crippen LogP contribution is 2.38. The molecule has 3 aromatic rings. The van der Waals surface area contributed by atoms with Gasteiger partial charge in [0.25, 0.3) is 10.1 Å². The molecule has 0 unspecified atom stereocenters. The molecule has 0 amide bonds. The van der Waals surface area contributed by atoms with Crippen molar-refractivity contribution >= 4 is 34.0 Å². The maximum absolute atomic E-state index is 12.2. The van der Waals surface area contributed by atoms with Crippen LogP contribution in [0.25, 0.3) is 0 Å². The summed E-state index contributed by atoms with van der Waals surface area (Å²) in [4.78, 5) is 0.000948. The van der Waals surface area contributed by atoms with Crippen LogP contribution in [0.2, 0.25) is 0 Å². The van der Waals surface area contributed by atoms with E-state index in [1.54, 1.807) is 6.07 Å². The van der Waals surface area contributed by atoms with Gasteiger partial charge in [-0.3, -0.25) is 4.55 Å². The zero-order valence-electron chi connectivity index (χ0n) is 16.4. The summed E-state index contributed by atoms with van der Waals surface area (Å²) >= 11 is 0. The molecular formula is C23H25O3PS. The van der Waals surface area contributed by atoms with Crippen molar-refractivity contribution in [2.24, 2.45) is 0 Å². The maximum atomic E-state index is 12.2. The molecule has 0 aliphatic rings. The van der Waals surface area contributed by atoms with Crippen molar-refractivity contribution in [3.05, 3.63) is 83.4 Å². The average molecular weight is 412 g/mol. The number of aryl methyl sites for hydroxylation is 3. The second-order valence-electron chi connectivity index (χ2n) is 6.75. The zero-order chi connectivity index (χ0) is 20.3. The van der Waals surface area contributed by atoms with Gasteiger partial charge in [-0.1, -0.05) is 74.0 Å². The van der Waals surface area contributed by atoms with Crippen molar-refractivity contribution in [3.63, 3.8) is 0 Å². The summed E-state index contributed by atoms with van der Waals surface area (Å²) in [5.41, 5.74) is 3.36. The molecule has 0 aliphatic heterocycles. The number of rotatable bonds is 6. The van der Waals surface area contributed by atoms with Crippen molar-refractivity contribution < 1.29 is 13.0 Å². The van der Waals surface area contributed by atoms with E-state index in [1.807, 2.05) is 37.3 Å². The molecule has 0 saturated heterocycles. The predicted molar refractivity (Wildman–Crippen MR) is 118 cm³/mol. The van der Waals surface area contributed by atoms with Gasteiger partial charge in [-0.15, -0.1) is 0 Å². The Morgan fingerprint density at radius 1 is 0.786 bits per heavy atom. The van der Waals surface area contributed by atoms with E-state index in [-0.39, 0.29) is 4.90 Å². The van der Waals surface area contributed by atoms with Crippen LogP contribution in [0.1, 0.15) is 30.5 Å². The van der Waals surface area contributed by atoms with E-state index in [0.29, 0.717) is 5.30 Å². The van der Waals surface area contributed by atoms with Crippen molar-refractivity contribution in [3.8, 4) is 0 Å². The lowest BCUT2D eigenvalue weighted by atomic mass is 10.2. The first-order chi connectivity index (χ1) is 13.4. The van der Waals surface area contributed by atoms with E-state index in [9.17, 15) is 13.0 Å². The summed E-state index contributed by atoms with van der Waals surface area (Å²) in [6.07, 6.45) is 1.71. The first-order valence-corrected chi connectivity index (χ1v) is 12.2. The van der Waals surface area contributed by atoms with Gasteiger partial charge in [0.15, 0.2) is 0 Å². The topological polar surface area (TPSA) is 54.4 Å². The lowest BCUT2D eigenvalue weighted by Gasteiger charge is -2.26. The monoisotopic (exact) mass is 412 g/mol. The van der Waals surface area contributed by atoms with Gasteiger partial charge in [-0.05, 0) is 61.6 Å². The minimum atomic E-state index is -4.33. The molecule has 0 radical (unpaired) electrons. The van der Waals surface area contributed by atoms with Gasteiger partial charge in [-0.25, -0.2) is 0 Å². The van der Waals surface area contributed by atoms with E-state index >= 15 is 0 Å². The first-order valence-electron chi connectivity index (χ1n) is 9.40.